The van der Waals surface area contributed by atoms with Crippen molar-refractivity contribution in [1.29, 1.82) is 0 Å². The maximum absolute atomic E-state index is 13.0. The molecule has 0 bridgehead atoms. The first-order valence-corrected chi connectivity index (χ1v) is 12.4. The number of rotatable bonds is 8. The Bertz CT molecular complexity index is 1090. The first-order valence-electron chi connectivity index (χ1n) is 11.2. The van der Waals surface area contributed by atoms with Gasteiger partial charge in [-0.05, 0) is 55.7 Å². The summed E-state index contributed by atoms with van der Waals surface area (Å²) in [5.41, 5.74) is 1.16. The number of amides is 4. The second-order valence-electron chi connectivity index (χ2n) is 8.10. The molecule has 1 saturated carbocycles. The van der Waals surface area contributed by atoms with Crippen LogP contribution in [0.2, 0.25) is 4.34 Å². The predicted molar refractivity (Wildman–Crippen MR) is 131 cm³/mol. The molecule has 1 aliphatic carbocycles. The van der Waals surface area contributed by atoms with Crippen LogP contribution >= 0.6 is 22.9 Å². The zero-order chi connectivity index (χ0) is 24.8. The summed E-state index contributed by atoms with van der Waals surface area (Å²) in [5, 5.41) is 7.92. The number of carbonyl (C=O) groups excluding carboxylic acids is 4. The molecule has 2 aliphatic rings. The Hall–Kier alpha value is -3.15. The number of hydrogen-bond acceptors (Lipinski definition) is 7. The molecule has 2 fully saturated rings. The lowest BCUT2D eigenvalue weighted by atomic mass is 9.96. The van der Waals surface area contributed by atoms with Crippen molar-refractivity contribution in [3.05, 3.63) is 45.6 Å². The summed E-state index contributed by atoms with van der Waals surface area (Å²) in [6, 6.07) is 8.85. The highest BCUT2D eigenvalue weighted by atomic mass is 35.5. The Morgan fingerprint density at radius 3 is 2.57 bits per heavy atom. The maximum Gasteiger partial charge on any atom is 0.408 e. The number of benzene rings is 1. The molecule has 35 heavy (non-hydrogen) atoms. The van der Waals surface area contributed by atoms with E-state index < -0.39 is 23.9 Å². The minimum Gasteiger partial charge on any atom is -0.446 e. The Kier molecular flexibility index (Phi) is 8.21. The average Bonchev–Trinajstić information content (AvgIpc) is 3.26. The number of anilines is 2. The van der Waals surface area contributed by atoms with Crippen LogP contribution in [0.1, 0.15) is 28.9 Å². The molecule has 2 heterocycles. The number of nitrogens with zero attached hydrogens (tertiary/aromatic N) is 1. The van der Waals surface area contributed by atoms with Crippen LogP contribution < -0.4 is 20.9 Å². The van der Waals surface area contributed by atoms with E-state index in [1.165, 1.54) is 0 Å². The molecular weight excluding hydrogens is 496 g/mol. The smallest absolute Gasteiger partial charge is 0.408 e. The lowest BCUT2D eigenvalue weighted by Gasteiger charge is -2.27. The van der Waals surface area contributed by atoms with Crippen LogP contribution in [0.15, 0.2) is 36.4 Å². The Labute approximate surface area is 210 Å². The molecule has 1 aromatic carbocycles. The predicted octanol–water partition coefficient (Wildman–Crippen LogP) is 2.78. The third-order valence-electron chi connectivity index (χ3n) is 5.63. The molecule has 12 heteroatoms. The van der Waals surface area contributed by atoms with Crippen molar-refractivity contribution in [2.24, 2.45) is 0 Å². The molecule has 4 amide bonds. The summed E-state index contributed by atoms with van der Waals surface area (Å²) < 4.78 is 10.9. The monoisotopic (exact) mass is 520 g/mol. The van der Waals surface area contributed by atoms with E-state index in [0.717, 1.165) is 30.6 Å². The quantitative estimate of drug-likeness (QED) is 0.491. The molecule has 10 nitrogen and oxygen atoms in total. The Balaban J connectivity index is 1.38. The second kappa shape index (κ2) is 11.5. The van der Waals surface area contributed by atoms with Crippen LogP contribution in [-0.2, 0) is 19.1 Å². The minimum absolute atomic E-state index is 0.0339. The zero-order valence-electron chi connectivity index (χ0n) is 18.8. The summed E-state index contributed by atoms with van der Waals surface area (Å²) in [5.74, 6) is -1.08. The van der Waals surface area contributed by atoms with Crippen LogP contribution in [0, 0.1) is 0 Å². The number of ether oxygens (including phenoxy) is 2. The summed E-state index contributed by atoms with van der Waals surface area (Å²) >= 11 is 7.00. The molecule has 1 atom stereocenters. The van der Waals surface area contributed by atoms with Gasteiger partial charge in [0.15, 0.2) is 0 Å². The third kappa shape index (κ3) is 6.71. The lowest BCUT2D eigenvalue weighted by molar-refractivity contribution is -0.125. The highest BCUT2D eigenvalue weighted by Gasteiger charge is 2.27. The van der Waals surface area contributed by atoms with Crippen LogP contribution in [0.5, 0.6) is 0 Å². The molecule has 2 aromatic rings. The highest BCUT2D eigenvalue weighted by molar-refractivity contribution is 7.18. The number of hydrogen-bond donors (Lipinski definition) is 3. The van der Waals surface area contributed by atoms with E-state index in [1.807, 2.05) is 0 Å². The first kappa shape index (κ1) is 25.0. The summed E-state index contributed by atoms with van der Waals surface area (Å²) in [6.07, 6.45) is 1.70. The van der Waals surface area contributed by atoms with Gasteiger partial charge in [-0.15, -0.1) is 11.3 Å². The number of morpholine rings is 1. The van der Waals surface area contributed by atoms with E-state index >= 15 is 0 Å². The van der Waals surface area contributed by atoms with E-state index in [2.05, 4.69) is 16.0 Å². The highest BCUT2D eigenvalue weighted by Crippen LogP contribution is 2.23. The molecule has 0 radical (unpaired) electrons. The fourth-order valence-electron chi connectivity index (χ4n) is 3.49. The van der Waals surface area contributed by atoms with Gasteiger partial charge in [0.05, 0.1) is 15.8 Å². The molecule has 0 spiro atoms. The van der Waals surface area contributed by atoms with E-state index in [0.29, 0.717) is 33.7 Å². The number of carbonyl (C=O) groups is 4. The van der Waals surface area contributed by atoms with Crippen LogP contribution in [0.3, 0.4) is 0 Å². The summed E-state index contributed by atoms with van der Waals surface area (Å²) in [6.45, 7) is 0.791. The van der Waals surface area contributed by atoms with Crippen molar-refractivity contribution in [3.8, 4) is 0 Å². The Morgan fingerprint density at radius 1 is 1.17 bits per heavy atom. The van der Waals surface area contributed by atoms with E-state index in [4.69, 9.17) is 21.1 Å². The van der Waals surface area contributed by atoms with Crippen molar-refractivity contribution in [2.75, 3.05) is 36.5 Å². The molecule has 4 rings (SSSR count). The first-order chi connectivity index (χ1) is 16.9. The minimum atomic E-state index is -1.08. The molecule has 186 valence electrons. The van der Waals surface area contributed by atoms with Crippen LogP contribution in [0.25, 0.3) is 0 Å². The van der Waals surface area contributed by atoms with Gasteiger partial charge in [-0.2, -0.15) is 0 Å². The maximum atomic E-state index is 13.0. The molecule has 1 aromatic heterocycles. The van der Waals surface area contributed by atoms with Crippen molar-refractivity contribution in [2.45, 2.75) is 31.4 Å². The van der Waals surface area contributed by atoms with Gasteiger partial charge in [0.2, 0.25) is 5.91 Å². The van der Waals surface area contributed by atoms with E-state index in [9.17, 15) is 19.2 Å². The lowest BCUT2D eigenvalue weighted by Crippen LogP contribution is -2.51. The molecule has 3 N–H and O–H groups in total. The molecule has 1 aliphatic heterocycles. The topological polar surface area (TPSA) is 126 Å². The van der Waals surface area contributed by atoms with Crippen molar-refractivity contribution in [1.82, 2.24) is 10.6 Å². The fourth-order valence-corrected chi connectivity index (χ4v) is 4.45. The van der Waals surface area contributed by atoms with Crippen molar-refractivity contribution in [3.63, 3.8) is 0 Å². The number of thiophene rings is 1. The standard InChI is InChI=1S/C23H25ClN4O6S/c24-19-9-8-18(35-19)22(31)25-12-17(27-23(32)34-16-2-1-3-16)21(30)26-14-4-6-15(7-5-14)28-10-11-33-13-20(28)29/h4-9,16-17H,1-3,10-13H2,(H,25,31)(H,26,30)(H,27,32)/t17-/m1/s1. The number of alkyl carbamates (subject to hydrolysis) is 1. The average molecular weight is 521 g/mol. The molecule has 1 saturated heterocycles. The van der Waals surface area contributed by atoms with Crippen LogP contribution in [-0.4, -0.2) is 62.3 Å². The van der Waals surface area contributed by atoms with Crippen LogP contribution in [0.4, 0.5) is 16.2 Å². The van der Waals surface area contributed by atoms with Gasteiger partial charge in [-0.25, -0.2) is 4.79 Å². The molecule has 0 unspecified atom stereocenters. The zero-order valence-corrected chi connectivity index (χ0v) is 20.3. The van der Waals surface area contributed by atoms with E-state index in [1.54, 1.807) is 41.3 Å². The Morgan fingerprint density at radius 2 is 1.94 bits per heavy atom. The van der Waals surface area contributed by atoms with Gasteiger partial charge in [-0.3, -0.25) is 14.4 Å². The summed E-state index contributed by atoms with van der Waals surface area (Å²) in [4.78, 5) is 51.7. The fraction of sp³-hybridized carbons (Fsp3) is 0.391. The third-order valence-corrected chi connectivity index (χ3v) is 6.86. The largest absolute Gasteiger partial charge is 0.446 e. The SMILES string of the molecule is O=C(N[C@H](CNC(=O)c1ccc(Cl)s1)C(=O)Nc1ccc(N2CCOCC2=O)cc1)OC1CCC1. The summed E-state index contributed by atoms with van der Waals surface area (Å²) in [7, 11) is 0. The van der Waals surface area contributed by atoms with Gasteiger partial charge in [0.1, 0.15) is 18.8 Å². The second-order valence-corrected chi connectivity index (χ2v) is 9.82. The van der Waals surface area contributed by atoms with Gasteiger partial charge >= 0.3 is 6.09 Å². The molecular formula is C23H25ClN4O6S. The normalized spacial score (nSPS) is 16.7. The number of halogens is 1. The van der Waals surface area contributed by atoms with Crippen molar-refractivity contribution < 1.29 is 28.7 Å². The van der Waals surface area contributed by atoms with Gasteiger partial charge in [-0.1, -0.05) is 11.6 Å². The van der Waals surface area contributed by atoms with Gasteiger partial charge in [0.25, 0.3) is 11.8 Å². The van der Waals surface area contributed by atoms with Gasteiger partial charge in [0, 0.05) is 24.5 Å². The number of nitrogens with one attached hydrogen (secondary N) is 3. The van der Waals surface area contributed by atoms with E-state index in [-0.39, 0.29) is 25.2 Å². The van der Waals surface area contributed by atoms with Gasteiger partial charge < -0.3 is 30.3 Å². The van der Waals surface area contributed by atoms with Crippen molar-refractivity contribution >= 4 is 58.1 Å².